The number of amides is 2. The number of anilines is 1. The Hall–Kier alpha value is -2.11. The average molecular weight is 248 g/mol. The third kappa shape index (κ3) is 2.97. The highest BCUT2D eigenvalue weighted by atomic mass is 16.5. The molecule has 6 heteroatoms. The number of aromatic nitrogens is 2. The van der Waals surface area contributed by atoms with Crippen LogP contribution in [-0.4, -0.2) is 41.1 Å². The molecule has 1 aliphatic heterocycles. The van der Waals surface area contributed by atoms with Crippen LogP contribution in [0.5, 0.6) is 5.88 Å². The van der Waals surface area contributed by atoms with Crippen LogP contribution >= 0.6 is 0 Å². The first-order chi connectivity index (χ1) is 8.69. The van der Waals surface area contributed by atoms with Crippen molar-refractivity contribution >= 4 is 11.8 Å². The lowest BCUT2D eigenvalue weighted by molar-refractivity contribution is 0.215. The molecular formula is C12H16N4O2. The summed E-state index contributed by atoms with van der Waals surface area (Å²) < 4.78 is 4.97. The van der Waals surface area contributed by atoms with Crippen molar-refractivity contribution in [1.82, 2.24) is 14.9 Å². The van der Waals surface area contributed by atoms with Crippen molar-refractivity contribution in [2.24, 2.45) is 0 Å². The van der Waals surface area contributed by atoms with E-state index < -0.39 is 0 Å². The minimum absolute atomic E-state index is 0.150. The van der Waals surface area contributed by atoms with Gasteiger partial charge in [-0.05, 0) is 13.3 Å². The molecule has 0 aliphatic carbocycles. The van der Waals surface area contributed by atoms with Crippen molar-refractivity contribution in [2.45, 2.75) is 13.3 Å². The van der Waals surface area contributed by atoms with Crippen LogP contribution < -0.4 is 10.1 Å². The van der Waals surface area contributed by atoms with E-state index in [4.69, 9.17) is 4.74 Å². The number of rotatable bonds is 2. The Labute approximate surface area is 106 Å². The van der Waals surface area contributed by atoms with Crippen LogP contribution in [0.15, 0.2) is 24.0 Å². The van der Waals surface area contributed by atoms with Crippen LogP contribution in [-0.2, 0) is 0 Å². The molecule has 0 bridgehead atoms. The Bertz CT molecular complexity index is 473. The van der Waals surface area contributed by atoms with Crippen LogP contribution in [0.4, 0.5) is 10.6 Å². The summed E-state index contributed by atoms with van der Waals surface area (Å²) in [5.41, 5.74) is 1.21. The summed E-state index contributed by atoms with van der Waals surface area (Å²) in [6.45, 7) is 3.41. The van der Waals surface area contributed by atoms with Gasteiger partial charge in [0.25, 0.3) is 0 Å². The number of urea groups is 1. The predicted octanol–water partition coefficient (Wildman–Crippen LogP) is 1.67. The third-order valence-corrected chi connectivity index (χ3v) is 2.71. The van der Waals surface area contributed by atoms with Crippen LogP contribution in [0.2, 0.25) is 0 Å². The van der Waals surface area contributed by atoms with Gasteiger partial charge in [-0.15, -0.1) is 0 Å². The molecule has 0 saturated carbocycles. The number of ether oxygens (including phenoxy) is 1. The van der Waals surface area contributed by atoms with E-state index in [9.17, 15) is 4.79 Å². The zero-order valence-corrected chi connectivity index (χ0v) is 10.5. The van der Waals surface area contributed by atoms with Crippen molar-refractivity contribution < 1.29 is 9.53 Å². The van der Waals surface area contributed by atoms with E-state index in [1.807, 2.05) is 6.92 Å². The van der Waals surface area contributed by atoms with Crippen LogP contribution in [0.3, 0.4) is 0 Å². The number of hydrogen-bond donors (Lipinski definition) is 1. The minimum Gasteiger partial charge on any atom is -0.481 e. The first kappa shape index (κ1) is 12.3. The molecule has 0 spiro atoms. The first-order valence-electron chi connectivity index (χ1n) is 5.76. The van der Waals surface area contributed by atoms with Gasteiger partial charge in [0.15, 0.2) is 0 Å². The highest BCUT2D eigenvalue weighted by Gasteiger charge is 2.16. The maximum absolute atomic E-state index is 12.0. The molecule has 1 aromatic heterocycles. The molecule has 96 valence electrons. The molecule has 0 saturated heterocycles. The summed E-state index contributed by atoms with van der Waals surface area (Å²) in [4.78, 5) is 21.6. The summed E-state index contributed by atoms with van der Waals surface area (Å²) in [5.74, 6) is 0.870. The van der Waals surface area contributed by atoms with Crippen molar-refractivity contribution in [3.8, 4) is 5.88 Å². The average Bonchev–Trinajstić information content (AvgIpc) is 2.39. The fourth-order valence-electron chi connectivity index (χ4n) is 1.79. The van der Waals surface area contributed by atoms with Gasteiger partial charge < -0.3 is 9.64 Å². The lowest BCUT2D eigenvalue weighted by atomic mass is 10.1. The smallest absolute Gasteiger partial charge is 0.323 e. The van der Waals surface area contributed by atoms with Crippen molar-refractivity contribution in [3.63, 3.8) is 0 Å². The Balaban J connectivity index is 2.00. The molecule has 0 radical (unpaired) electrons. The molecule has 2 amide bonds. The monoisotopic (exact) mass is 248 g/mol. The molecule has 2 rings (SSSR count). The number of hydrogen-bond acceptors (Lipinski definition) is 4. The van der Waals surface area contributed by atoms with Crippen LogP contribution in [0.25, 0.3) is 0 Å². The van der Waals surface area contributed by atoms with Gasteiger partial charge in [0.1, 0.15) is 12.1 Å². The fraction of sp³-hybridized carbons (Fsp3) is 0.417. The number of nitrogens with one attached hydrogen (secondary N) is 1. The lowest BCUT2D eigenvalue weighted by Crippen LogP contribution is -2.38. The van der Waals surface area contributed by atoms with Gasteiger partial charge >= 0.3 is 6.03 Å². The van der Waals surface area contributed by atoms with Gasteiger partial charge in [-0.3, -0.25) is 5.32 Å². The Morgan fingerprint density at radius 2 is 2.33 bits per heavy atom. The molecule has 1 aromatic rings. The number of carbonyl (C=O) groups excluding carboxylic acids is 1. The number of nitrogens with zero attached hydrogens (tertiary/aromatic N) is 3. The van der Waals surface area contributed by atoms with Gasteiger partial charge in [0.2, 0.25) is 5.88 Å². The second kappa shape index (κ2) is 5.48. The molecule has 1 aliphatic rings. The minimum atomic E-state index is -0.150. The van der Waals surface area contributed by atoms with E-state index in [1.165, 1.54) is 19.0 Å². The largest absolute Gasteiger partial charge is 0.481 e. The maximum Gasteiger partial charge on any atom is 0.323 e. The highest BCUT2D eigenvalue weighted by molar-refractivity contribution is 5.88. The third-order valence-electron chi connectivity index (χ3n) is 2.71. The summed E-state index contributed by atoms with van der Waals surface area (Å²) in [6, 6.07) is 1.44. The van der Waals surface area contributed by atoms with Gasteiger partial charge in [0, 0.05) is 19.2 Å². The summed E-state index contributed by atoms with van der Waals surface area (Å²) in [5, 5.41) is 2.74. The first-order valence-corrected chi connectivity index (χ1v) is 5.76. The van der Waals surface area contributed by atoms with Gasteiger partial charge in [-0.25, -0.2) is 14.8 Å². The fourth-order valence-corrected chi connectivity index (χ4v) is 1.79. The predicted molar refractivity (Wildman–Crippen MR) is 67.5 cm³/mol. The van der Waals surface area contributed by atoms with E-state index >= 15 is 0 Å². The SMILES string of the molecule is COc1cc(NC(=O)N2CCC=C(C)C2)ncn1. The van der Waals surface area contributed by atoms with Gasteiger partial charge in [0.05, 0.1) is 7.11 Å². The van der Waals surface area contributed by atoms with E-state index in [-0.39, 0.29) is 6.03 Å². The molecule has 1 N–H and O–H groups in total. The van der Waals surface area contributed by atoms with Crippen molar-refractivity contribution in [1.29, 1.82) is 0 Å². The van der Waals surface area contributed by atoms with E-state index in [0.29, 0.717) is 18.2 Å². The topological polar surface area (TPSA) is 67.3 Å². The van der Waals surface area contributed by atoms with E-state index in [0.717, 1.165) is 13.0 Å². The number of methoxy groups -OCH3 is 1. The summed E-state index contributed by atoms with van der Waals surface area (Å²) in [6.07, 6.45) is 4.40. The van der Waals surface area contributed by atoms with Crippen LogP contribution in [0, 0.1) is 0 Å². The Morgan fingerprint density at radius 1 is 1.50 bits per heavy atom. The van der Waals surface area contributed by atoms with E-state index in [1.54, 1.807) is 11.0 Å². The second-order valence-electron chi connectivity index (χ2n) is 4.14. The molecule has 0 aromatic carbocycles. The maximum atomic E-state index is 12.0. The highest BCUT2D eigenvalue weighted by Crippen LogP contribution is 2.13. The molecular weight excluding hydrogens is 232 g/mol. The molecule has 0 unspecified atom stereocenters. The normalized spacial score (nSPS) is 15.0. The van der Waals surface area contributed by atoms with Gasteiger partial charge in [-0.2, -0.15) is 0 Å². The quantitative estimate of drug-likeness (QED) is 0.808. The van der Waals surface area contributed by atoms with Crippen molar-refractivity contribution in [3.05, 3.63) is 24.0 Å². The standard InChI is InChI=1S/C12H16N4O2/c1-9-4-3-5-16(7-9)12(17)15-10-6-11(18-2)14-8-13-10/h4,6,8H,3,5,7H2,1-2H3,(H,13,14,15,17). The molecule has 0 fully saturated rings. The zero-order valence-electron chi connectivity index (χ0n) is 10.5. The molecule has 6 nitrogen and oxygen atoms in total. The Kier molecular flexibility index (Phi) is 3.76. The molecule has 18 heavy (non-hydrogen) atoms. The molecule has 0 atom stereocenters. The second-order valence-corrected chi connectivity index (χ2v) is 4.14. The van der Waals surface area contributed by atoms with Crippen LogP contribution in [0.1, 0.15) is 13.3 Å². The summed E-state index contributed by atoms with van der Waals surface area (Å²) >= 11 is 0. The zero-order chi connectivity index (χ0) is 13.0. The Morgan fingerprint density at radius 3 is 3.06 bits per heavy atom. The lowest BCUT2D eigenvalue weighted by Gasteiger charge is -2.26. The van der Waals surface area contributed by atoms with Crippen molar-refractivity contribution in [2.75, 3.05) is 25.5 Å². The molecule has 2 heterocycles. The van der Waals surface area contributed by atoms with Gasteiger partial charge in [-0.1, -0.05) is 11.6 Å². The van der Waals surface area contributed by atoms with E-state index in [2.05, 4.69) is 21.4 Å². The number of carbonyl (C=O) groups is 1. The summed E-state index contributed by atoms with van der Waals surface area (Å²) in [7, 11) is 1.52.